The van der Waals surface area contributed by atoms with Crippen molar-refractivity contribution in [3.05, 3.63) is 70.8 Å². The molecule has 100 valence electrons. The highest BCUT2D eigenvalue weighted by molar-refractivity contribution is 5.32. The zero-order valence-corrected chi connectivity index (χ0v) is 9.63. The molecule has 3 N–H and O–H groups in total. The zero-order chi connectivity index (χ0) is 14.0. The highest BCUT2D eigenvalue weighted by Gasteiger charge is 2.16. The van der Waals surface area contributed by atoms with E-state index in [1.54, 1.807) is 0 Å². The summed E-state index contributed by atoms with van der Waals surface area (Å²) in [4.78, 5) is 0. The van der Waals surface area contributed by atoms with Crippen LogP contribution >= 0.6 is 0 Å². The molecule has 6 heteroatoms. The molecular formula is C13H10F4N2. The summed E-state index contributed by atoms with van der Waals surface area (Å²) in [6.07, 6.45) is 0. The fourth-order valence-electron chi connectivity index (χ4n) is 1.77. The first-order valence-corrected chi connectivity index (χ1v) is 5.39. The number of benzene rings is 2. The van der Waals surface area contributed by atoms with Crippen LogP contribution in [0.3, 0.4) is 0 Å². The molecular weight excluding hydrogens is 260 g/mol. The molecule has 0 spiro atoms. The summed E-state index contributed by atoms with van der Waals surface area (Å²) < 4.78 is 52.0. The van der Waals surface area contributed by atoms with Gasteiger partial charge in [0, 0.05) is 0 Å². The van der Waals surface area contributed by atoms with Gasteiger partial charge in [-0.25, -0.2) is 23.0 Å². The van der Waals surface area contributed by atoms with Crippen LogP contribution in [0.1, 0.15) is 17.2 Å². The topological polar surface area (TPSA) is 38.0 Å². The van der Waals surface area contributed by atoms with Crippen LogP contribution in [0, 0.1) is 23.3 Å². The molecule has 19 heavy (non-hydrogen) atoms. The minimum Gasteiger partial charge on any atom is -0.271 e. The second kappa shape index (κ2) is 5.38. The van der Waals surface area contributed by atoms with E-state index < -0.39 is 29.3 Å². The van der Waals surface area contributed by atoms with Gasteiger partial charge in [0.2, 0.25) is 0 Å². The second-order valence-electron chi connectivity index (χ2n) is 3.95. The summed E-state index contributed by atoms with van der Waals surface area (Å²) in [6, 6.07) is 5.62. The monoisotopic (exact) mass is 270 g/mol. The molecule has 0 saturated carbocycles. The van der Waals surface area contributed by atoms with Gasteiger partial charge in [-0.15, -0.1) is 0 Å². The largest absolute Gasteiger partial charge is 0.271 e. The molecule has 0 radical (unpaired) electrons. The van der Waals surface area contributed by atoms with E-state index in [4.69, 9.17) is 5.84 Å². The fraction of sp³-hybridized carbons (Fsp3) is 0.0769. The van der Waals surface area contributed by atoms with E-state index in [9.17, 15) is 17.6 Å². The zero-order valence-electron chi connectivity index (χ0n) is 9.63. The lowest BCUT2D eigenvalue weighted by atomic mass is 9.99. The molecule has 0 bridgehead atoms. The SMILES string of the molecule is NNC(c1ccc(F)c(F)c1)c1ccc(F)c(F)c1. The maximum Gasteiger partial charge on any atom is 0.159 e. The molecule has 0 aliphatic heterocycles. The van der Waals surface area contributed by atoms with E-state index in [-0.39, 0.29) is 0 Å². The number of nitrogens with two attached hydrogens (primary N) is 1. The Balaban J connectivity index is 2.43. The van der Waals surface area contributed by atoms with Crippen molar-refractivity contribution in [2.45, 2.75) is 6.04 Å². The van der Waals surface area contributed by atoms with E-state index in [2.05, 4.69) is 5.43 Å². The molecule has 0 unspecified atom stereocenters. The van der Waals surface area contributed by atoms with Crippen molar-refractivity contribution in [1.82, 2.24) is 5.43 Å². The average molecular weight is 270 g/mol. The lowest BCUT2D eigenvalue weighted by Gasteiger charge is -2.17. The maximum atomic E-state index is 13.2. The van der Waals surface area contributed by atoms with Crippen molar-refractivity contribution in [1.29, 1.82) is 0 Å². The Morgan fingerprint density at radius 3 is 1.47 bits per heavy atom. The van der Waals surface area contributed by atoms with Crippen molar-refractivity contribution >= 4 is 0 Å². The van der Waals surface area contributed by atoms with Crippen LogP contribution in [-0.4, -0.2) is 0 Å². The van der Waals surface area contributed by atoms with Crippen LogP contribution in [0.25, 0.3) is 0 Å². The minimum atomic E-state index is -1.04. The van der Waals surface area contributed by atoms with Crippen molar-refractivity contribution < 1.29 is 17.6 Å². The maximum absolute atomic E-state index is 13.2. The molecule has 0 heterocycles. The standard InChI is InChI=1S/C13H10F4N2/c14-9-3-1-7(5-11(9)16)13(19-18)8-2-4-10(15)12(17)6-8/h1-6,13,19H,18H2. The number of hydrazine groups is 1. The van der Waals surface area contributed by atoms with Crippen molar-refractivity contribution in [2.75, 3.05) is 0 Å². The predicted molar refractivity (Wildman–Crippen MR) is 61.9 cm³/mol. The van der Waals surface area contributed by atoms with E-state index >= 15 is 0 Å². The van der Waals surface area contributed by atoms with Crippen LogP contribution in [0.4, 0.5) is 17.6 Å². The molecule has 0 aliphatic rings. The van der Waals surface area contributed by atoms with Gasteiger partial charge in [0.15, 0.2) is 23.3 Å². The predicted octanol–water partition coefficient (Wildman–Crippen LogP) is 2.80. The Bertz CT molecular complexity index is 550. The van der Waals surface area contributed by atoms with Gasteiger partial charge in [-0.2, -0.15) is 0 Å². The Kier molecular flexibility index (Phi) is 3.82. The first-order valence-electron chi connectivity index (χ1n) is 5.39. The van der Waals surface area contributed by atoms with Crippen molar-refractivity contribution in [3.8, 4) is 0 Å². The van der Waals surface area contributed by atoms with Gasteiger partial charge >= 0.3 is 0 Å². The summed E-state index contributed by atoms with van der Waals surface area (Å²) in [5.74, 6) is 1.26. The molecule has 0 saturated heterocycles. The molecule has 2 rings (SSSR count). The number of rotatable bonds is 3. The quantitative estimate of drug-likeness (QED) is 0.511. The Morgan fingerprint density at radius 2 is 1.16 bits per heavy atom. The molecule has 0 fully saturated rings. The number of hydrogen-bond donors (Lipinski definition) is 2. The van der Waals surface area contributed by atoms with Gasteiger partial charge in [0.1, 0.15) is 0 Å². The third-order valence-corrected chi connectivity index (χ3v) is 2.72. The van der Waals surface area contributed by atoms with Crippen molar-refractivity contribution in [3.63, 3.8) is 0 Å². The van der Waals surface area contributed by atoms with Gasteiger partial charge in [-0.3, -0.25) is 5.84 Å². The first-order chi connectivity index (χ1) is 9.02. The van der Waals surface area contributed by atoms with Crippen LogP contribution in [0.15, 0.2) is 36.4 Å². The number of nitrogens with one attached hydrogen (secondary N) is 1. The molecule has 0 aliphatic carbocycles. The van der Waals surface area contributed by atoms with Crippen LogP contribution in [0.5, 0.6) is 0 Å². The highest BCUT2D eigenvalue weighted by atomic mass is 19.2. The Morgan fingerprint density at radius 1 is 0.737 bits per heavy atom. The number of hydrogen-bond acceptors (Lipinski definition) is 2. The second-order valence-corrected chi connectivity index (χ2v) is 3.95. The molecule has 0 atom stereocenters. The molecule has 0 aromatic heterocycles. The van der Waals surface area contributed by atoms with Gasteiger partial charge in [0.05, 0.1) is 6.04 Å². The van der Waals surface area contributed by atoms with Gasteiger partial charge in [-0.1, -0.05) is 12.1 Å². The van der Waals surface area contributed by atoms with E-state index in [1.807, 2.05) is 0 Å². The van der Waals surface area contributed by atoms with Gasteiger partial charge in [0.25, 0.3) is 0 Å². The van der Waals surface area contributed by atoms with Gasteiger partial charge in [-0.05, 0) is 35.4 Å². The third kappa shape index (κ3) is 2.74. The molecule has 2 aromatic rings. The Labute approximate surface area is 106 Å². The molecule has 2 aromatic carbocycles. The van der Waals surface area contributed by atoms with E-state index in [0.29, 0.717) is 11.1 Å². The lowest BCUT2D eigenvalue weighted by molar-refractivity contribution is 0.499. The van der Waals surface area contributed by atoms with Crippen LogP contribution < -0.4 is 11.3 Å². The number of halogens is 4. The normalized spacial score (nSPS) is 11.1. The summed E-state index contributed by atoms with van der Waals surface area (Å²) in [5.41, 5.74) is 2.95. The van der Waals surface area contributed by atoms with Crippen LogP contribution in [0.2, 0.25) is 0 Å². The van der Waals surface area contributed by atoms with Crippen LogP contribution in [-0.2, 0) is 0 Å². The van der Waals surface area contributed by atoms with E-state index in [1.165, 1.54) is 12.1 Å². The minimum absolute atomic E-state index is 0.299. The summed E-state index contributed by atoms with van der Waals surface area (Å²) >= 11 is 0. The summed E-state index contributed by atoms with van der Waals surface area (Å²) in [5, 5.41) is 0. The summed E-state index contributed by atoms with van der Waals surface area (Å²) in [6.45, 7) is 0. The third-order valence-electron chi connectivity index (χ3n) is 2.72. The Hall–Kier alpha value is -1.92. The lowest BCUT2D eigenvalue weighted by Crippen LogP contribution is -2.29. The average Bonchev–Trinajstić information content (AvgIpc) is 2.39. The van der Waals surface area contributed by atoms with Gasteiger partial charge < -0.3 is 0 Å². The highest BCUT2D eigenvalue weighted by Crippen LogP contribution is 2.24. The van der Waals surface area contributed by atoms with E-state index in [0.717, 1.165) is 24.3 Å². The smallest absolute Gasteiger partial charge is 0.159 e. The summed E-state index contributed by atoms with van der Waals surface area (Å²) in [7, 11) is 0. The molecule has 2 nitrogen and oxygen atoms in total. The molecule has 0 amide bonds. The van der Waals surface area contributed by atoms with Crippen molar-refractivity contribution in [2.24, 2.45) is 5.84 Å². The fourth-order valence-corrected chi connectivity index (χ4v) is 1.77. The first kappa shape index (κ1) is 13.5.